The molecule has 1 aliphatic heterocycles. The molecule has 1 aliphatic rings. The number of hydrogen-bond donors (Lipinski definition) is 1. The van der Waals surface area contributed by atoms with Gasteiger partial charge in [-0.05, 0) is 40.0 Å². The second-order valence-corrected chi connectivity index (χ2v) is 8.56. The molecule has 0 radical (unpaired) electrons. The number of piperazine rings is 1. The van der Waals surface area contributed by atoms with E-state index >= 15 is 0 Å². The number of amides is 2. The van der Waals surface area contributed by atoms with Gasteiger partial charge in [0.15, 0.2) is 11.0 Å². The lowest BCUT2D eigenvalue weighted by Gasteiger charge is -2.32. The Morgan fingerprint density at radius 1 is 1.13 bits per heavy atom. The van der Waals surface area contributed by atoms with E-state index in [1.165, 1.54) is 11.8 Å². The van der Waals surface area contributed by atoms with Crippen molar-refractivity contribution >= 4 is 23.6 Å². The zero-order chi connectivity index (χ0) is 21.7. The molecule has 30 heavy (non-hydrogen) atoms. The summed E-state index contributed by atoms with van der Waals surface area (Å²) in [6, 6.07) is 7.16. The van der Waals surface area contributed by atoms with Gasteiger partial charge in [0.25, 0.3) is 5.91 Å². The van der Waals surface area contributed by atoms with Crippen molar-refractivity contribution in [3.05, 3.63) is 41.2 Å². The number of nitrogens with one attached hydrogen (secondary N) is 1. The van der Waals surface area contributed by atoms with Gasteiger partial charge in [0, 0.05) is 38.3 Å². The van der Waals surface area contributed by atoms with Crippen LogP contribution in [0.3, 0.4) is 0 Å². The minimum Gasteiger partial charge on any atom is -0.342 e. The summed E-state index contributed by atoms with van der Waals surface area (Å²) in [6.45, 7) is 9.90. The fourth-order valence-electron chi connectivity index (χ4n) is 3.35. The number of rotatable bonds is 7. The van der Waals surface area contributed by atoms with Crippen LogP contribution in [-0.4, -0.2) is 75.4 Å². The normalized spacial score (nSPS) is 15.8. The molecule has 0 saturated carbocycles. The molecule has 1 atom stereocenters. The molecule has 9 heteroatoms. The zero-order valence-corrected chi connectivity index (χ0v) is 18.9. The SMILES string of the molecule is CCn1c(SCC(=O)N2CCN(C)CC2)nnc1[C@H](C)NC(=O)c1ccc(C)cc1. The summed E-state index contributed by atoms with van der Waals surface area (Å²) >= 11 is 1.40. The van der Waals surface area contributed by atoms with Gasteiger partial charge in [-0.3, -0.25) is 9.59 Å². The quantitative estimate of drug-likeness (QED) is 0.676. The summed E-state index contributed by atoms with van der Waals surface area (Å²) in [4.78, 5) is 29.2. The average Bonchev–Trinajstić information content (AvgIpc) is 3.16. The second kappa shape index (κ2) is 10.1. The minimum absolute atomic E-state index is 0.126. The van der Waals surface area contributed by atoms with E-state index in [-0.39, 0.29) is 17.9 Å². The Hall–Kier alpha value is -2.39. The number of carbonyl (C=O) groups is 2. The van der Waals surface area contributed by atoms with Crippen molar-refractivity contribution < 1.29 is 9.59 Å². The fourth-order valence-corrected chi connectivity index (χ4v) is 4.26. The van der Waals surface area contributed by atoms with E-state index in [0.717, 1.165) is 31.7 Å². The van der Waals surface area contributed by atoms with Crippen LogP contribution in [0.25, 0.3) is 0 Å². The van der Waals surface area contributed by atoms with Crippen molar-refractivity contribution in [3.63, 3.8) is 0 Å². The van der Waals surface area contributed by atoms with Crippen LogP contribution in [0.1, 0.15) is 41.6 Å². The molecular formula is C21H30N6O2S. The Morgan fingerprint density at radius 3 is 2.43 bits per heavy atom. The Labute approximate surface area is 182 Å². The number of benzene rings is 1. The van der Waals surface area contributed by atoms with E-state index in [1.807, 2.05) is 54.5 Å². The summed E-state index contributed by atoms with van der Waals surface area (Å²) in [5.74, 6) is 1.01. The maximum atomic E-state index is 12.5. The molecule has 1 aromatic heterocycles. The number of aryl methyl sites for hydroxylation is 1. The van der Waals surface area contributed by atoms with E-state index in [0.29, 0.717) is 28.8 Å². The van der Waals surface area contributed by atoms with E-state index in [9.17, 15) is 9.59 Å². The maximum Gasteiger partial charge on any atom is 0.251 e. The number of thioether (sulfide) groups is 1. The van der Waals surface area contributed by atoms with Gasteiger partial charge in [-0.25, -0.2) is 0 Å². The highest BCUT2D eigenvalue weighted by Crippen LogP contribution is 2.21. The molecule has 0 bridgehead atoms. The predicted molar refractivity (Wildman–Crippen MR) is 118 cm³/mol. The summed E-state index contributed by atoms with van der Waals surface area (Å²) in [5, 5.41) is 12.3. The van der Waals surface area contributed by atoms with Crippen molar-refractivity contribution in [2.24, 2.45) is 0 Å². The topological polar surface area (TPSA) is 83.4 Å². The summed E-state index contributed by atoms with van der Waals surface area (Å²) in [5.41, 5.74) is 1.72. The highest BCUT2D eigenvalue weighted by molar-refractivity contribution is 7.99. The van der Waals surface area contributed by atoms with Crippen LogP contribution in [-0.2, 0) is 11.3 Å². The Balaban J connectivity index is 1.61. The number of nitrogens with zero attached hydrogens (tertiary/aromatic N) is 5. The Bertz CT molecular complexity index is 874. The predicted octanol–water partition coefficient (Wildman–Crippen LogP) is 1.96. The third-order valence-electron chi connectivity index (χ3n) is 5.29. The van der Waals surface area contributed by atoms with E-state index in [2.05, 4.69) is 27.5 Å². The van der Waals surface area contributed by atoms with Crippen molar-refractivity contribution in [2.45, 2.75) is 38.5 Å². The molecule has 8 nitrogen and oxygen atoms in total. The molecule has 2 heterocycles. The number of carbonyl (C=O) groups excluding carboxylic acids is 2. The molecular weight excluding hydrogens is 400 g/mol. The van der Waals surface area contributed by atoms with E-state index < -0.39 is 0 Å². The third-order valence-corrected chi connectivity index (χ3v) is 6.24. The van der Waals surface area contributed by atoms with Gasteiger partial charge in [0.2, 0.25) is 5.91 Å². The monoisotopic (exact) mass is 430 g/mol. The molecule has 0 aliphatic carbocycles. The van der Waals surface area contributed by atoms with E-state index in [4.69, 9.17) is 0 Å². The molecule has 2 amide bonds. The number of likely N-dealkylation sites (N-methyl/N-ethyl adjacent to an activating group) is 1. The van der Waals surface area contributed by atoms with Gasteiger partial charge in [-0.2, -0.15) is 0 Å². The highest BCUT2D eigenvalue weighted by Gasteiger charge is 2.22. The Morgan fingerprint density at radius 2 is 1.80 bits per heavy atom. The molecule has 1 saturated heterocycles. The van der Waals surface area contributed by atoms with Gasteiger partial charge < -0.3 is 19.7 Å². The number of aromatic nitrogens is 3. The first-order valence-electron chi connectivity index (χ1n) is 10.3. The first kappa shape index (κ1) is 22.3. The summed E-state index contributed by atoms with van der Waals surface area (Å²) in [7, 11) is 2.07. The Kier molecular flexibility index (Phi) is 7.49. The van der Waals surface area contributed by atoms with Crippen molar-refractivity contribution in [2.75, 3.05) is 39.0 Å². The molecule has 2 aromatic rings. The maximum absolute atomic E-state index is 12.5. The van der Waals surface area contributed by atoms with Crippen LogP contribution in [0.5, 0.6) is 0 Å². The standard InChI is InChI=1S/C21H30N6O2S/c1-5-27-19(16(3)22-20(29)17-8-6-15(2)7-9-17)23-24-21(27)30-14-18(28)26-12-10-25(4)11-13-26/h6-9,16H,5,10-14H2,1-4H3,(H,22,29)/t16-/m0/s1. The smallest absolute Gasteiger partial charge is 0.251 e. The first-order valence-corrected chi connectivity index (χ1v) is 11.3. The van der Waals surface area contributed by atoms with E-state index in [1.54, 1.807) is 0 Å². The summed E-state index contributed by atoms with van der Waals surface area (Å²) in [6.07, 6.45) is 0. The third kappa shape index (κ3) is 5.40. The van der Waals surface area contributed by atoms with Crippen molar-refractivity contribution in [3.8, 4) is 0 Å². The van der Waals surface area contributed by atoms with Gasteiger partial charge in [-0.15, -0.1) is 10.2 Å². The largest absolute Gasteiger partial charge is 0.342 e. The molecule has 1 N–H and O–H groups in total. The van der Waals surface area contributed by atoms with Crippen LogP contribution < -0.4 is 5.32 Å². The van der Waals surface area contributed by atoms with Crippen LogP contribution in [0, 0.1) is 6.92 Å². The molecule has 1 fully saturated rings. The fraction of sp³-hybridized carbons (Fsp3) is 0.524. The lowest BCUT2D eigenvalue weighted by Crippen LogP contribution is -2.47. The van der Waals surface area contributed by atoms with Crippen LogP contribution in [0.4, 0.5) is 0 Å². The van der Waals surface area contributed by atoms with Crippen molar-refractivity contribution in [1.82, 2.24) is 29.9 Å². The van der Waals surface area contributed by atoms with Gasteiger partial charge in [0.1, 0.15) is 0 Å². The zero-order valence-electron chi connectivity index (χ0n) is 18.1. The lowest BCUT2D eigenvalue weighted by atomic mass is 10.1. The van der Waals surface area contributed by atoms with Crippen LogP contribution >= 0.6 is 11.8 Å². The first-order chi connectivity index (χ1) is 14.4. The van der Waals surface area contributed by atoms with Crippen molar-refractivity contribution in [1.29, 1.82) is 0 Å². The second-order valence-electron chi connectivity index (χ2n) is 7.62. The molecule has 0 unspecified atom stereocenters. The molecule has 162 valence electrons. The highest BCUT2D eigenvalue weighted by atomic mass is 32.2. The molecule has 3 rings (SSSR count). The van der Waals surface area contributed by atoms with Gasteiger partial charge in [0.05, 0.1) is 11.8 Å². The minimum atomic E-state index is -0.297. The molecule has 1 aromatic carbocycles. The lowest BCUT2D eigenvalue weighted by molar-refractivity contribution is -0.129. The summed E-state index contributed by atoms with van der Waals surface area (Å²) < 4.78 is 1.96. The molecule has 0 spiro atoms. The van der Waals surface area contributed by atoms with Crippen LogP contribution in [0.15, 0.2) is 29.4 Å². The van der Waals surface area contributed by atoms with Gasteiger partial charge in [-0.1, -0.05) is 29.5 Å². The number of hydrogen-bond acceptors (Lipinski definition) is 6. The average molecular weight is 431 g/mol. The van der Waals surface area contributed by atoms with Gasteiger partial charge >= 0.3 is 0 Å². The van der Waals surface area contributed by atoms with Crippen LogP contribution in [0.2, 0.25) is 0 Å².